The molecule has 4 aromatic rings. The minimum Gasteiger partial charge on any atom is -0.481 e. The van der Waals surface area contributed by atoms with Gasteiger partial charge in [0.15, 0.2) is 0 Å². The van der Waals surface area contributed by atoms with Crippen LogP contribution in [-0.2, 0) is 16.4 Å². The molecule has 0 aliphatic carbocycles. The van der Waals surface area contributed by atoms with Crippen LogP contribution in [0.2, 0.25) is 0 Å². The van der Waals surface area contributed by atoms with Gasteiger partial charge in [0, 0.05) is 18.0 Å². The van der Waals surface area contributed by atoms with Gasteiger partial charge in [-0.25, -0.2) is 26.9 Å². The van der Waals surface area contributed by atoms with Crippen LogP contribution >= 0.6 is 0 Å². The molecule has 3 heterocycles. The van der Waals surface area contributed by atoms with Crippen LogP contribution in [0.5, 0.6) is 11.8 Å². The molecule has 0 aliphatic heterocycles. The number of aromatic amines is 1. The minimum absolute atomic E-state index is 0.0665. The van der Waals surface area contributed by atoms with E-state index in [0.717, 1.165) is 5.39 Å². The predicted molar refractivity (Wildman–Crippen MR) is 109 cm³/mol. The summed E-state index contributed by atoms with van der Waals surface area (Å²) in [5.74, 6) is -0.817. The second-order valence-corrected chi connectivity index (χ2v) is 8.13. The highest BCUT2D eigenvalue weighted by Gasteiger charge is 2.25. The van der Waals surface area contributed by atoms with Gasteiger partial charge in [-0.15, -0.1) is 0 Å². The second-order valence-electron chi connectivity index (χ2n) is 6.48. The number of H-pyrrole nitrogens is 1. The SMILES string of the molecule is COc1nc(NS(=O)(=O)c2c[nH]c3cc4ccccc4nc23)nc(OC)c1CC(F)F. The summed E-state index contributed by atoms with van der Waals surface area (Å²) < 4.78 is 64.1. The van der Waals surface area contributed by atoms with Crippen molar-refractivity contribution in [2.45, 2.75) is 17.7 Å². The molecule has 0 amide bonds. The smallest absolute Gasteiger partial charge is 0.267 e. The zero-order chi connectivity index (χ0) is 22.2. The Bertz CT molecular complexity index is 1350. The van der Waals surface area contributed by atoms with E-state index in [1.54, 1.807) is 18.2 Å². The molecule has 0 saturated heterocycles. The molecule has 1 aromatic carbocycles. The zero-order valence-electron chi connectivity index (χ0n) is 16.4. The lowest BCUT2D eigenvalue weighted by Crippen LogP contribution is -2.17. The van der Waals surface area contributed by atoms with E-state index in [-0.39, 0.29) is 33.7 Å². The number of ether oxygens (including phenoxy) is 2. The van der Waals surface area contributed by atoms with Gasteiger partial charge in [0.1, 0.15) is 10.4 Å². The molecular formula is C19H17F2N5O4S. The number of alkyl halides is 2. The zero-order valence-corrected chi connectivity index (χ0v) is 17.2. The summed E-state index contributed by atoms with van der Waals surface area (Å²) in [6, 6.07) is 9.08. The third kappa shape index (κ3) is 3.93. The Labute approximate surface area is 175 Å². The van der Waals surface area contributed by atoms with Crippen molar-refractivity contribution in [3.05, 3.63) is 42.1 Å². The van der Waals surface area contributed by atoms with E-state index in [9.17, 15) is 17.2 Å². The first-order chi connectivity index (χ1) is 14.8. The van der Waals surface area contributed by atoms with Gasteiger partial charge < -0.3 is 14.5 Å². The number of rotatable bonds is 7. The summed E-state index contributed by atoms with van der Waals surface area (Å²) in [6.07, 6.45) is -2.10. The summed E-state index contributed by atoms with van der Waals surface area (Å²) in [4.78, 5) is 15.0. The molecule has 0 saturated carbocycles. The number of fused-ring (bicyclic) bond motifs is 2. The van der Waals surface area contributed by atoms with E-state index in [2.05, 4.69) is 24.7 Å². The van der Waals surface area contributed by atoms with Gasteiger partial charge in [0.2, 0.25) is 24.1 Å². The fourth-order valence-electron chi connectivity index (χ4n) is 3.16. The number of nitrogens with one attached hydrogen (secondary N) is 2. The van der Waals surface area contributed by atoms with Gasteiger partial charge in [0.25, 0.3) is 10.0 Å². The standard InChI is InChI=1S/C19H17F2N5O4S/c1-29-17-11(8-15(20)21)18(30-2)25-19(24-17)26-31(27,28)14-9-22-13-7-10-5-3-4-6-12(10)23-16(13)14/h3-7,9,15,22H,8H2,1-2H3,(H,24,25,26). The average molecular weight is 449 g/mol. The molecule has 3 aromatic heterocycles. The maximum Gasteiger partial charge on any atom is 0.267 e. The van der Waals surface area contributed by atoms with Crippen LogP contribution in [0.25, 0.3) is 21.9 Å². The molecule has 0 radical (unpaired) electrons. The van der Waals surface area contributed by atoms with Gasteiger partial charge in [-0.1, -0.05) is 18.2 Å². The fourth-order valence-corrected chi connectivity index (χ4v) is 4.23. The number of methoxy groups -OCH3 is 2. The monoisotopic (exact) mass is 449 g/mol. The Morgan fingerprint density at radius 1 is 1.10 bits per heavy atom. The van der Waals surface area contributed by atoms with Crippen LogP contribution in [0.4, 0.5) is 14.7 Å². The van der Waals surface area contributed by atoms with E-state index in [0.29, 0.717) is 11.0 Å². The van der Waals surface area contributed by atoms with Crippen molar-refractivity contribution < 1.29 is 26.7 Å². The molecule has 0 unspecified atom stereocenters. The van der Waals surface area contributed by atoms with Crippen LogP contribution in [-0.4, -0.2) is 49.0 Å². The fraction of sp³-hybridized carbons (Fsp3) is 0.211. The number of nitrogens with zero attached hydrogens (tertiary/aromatic N) is 3. The van der Waals surface area contributed by atoms with Crippen LogP contribution < -0.4 is 14.2 Å². The van der Waals surface area contributed by atoms with Crippen molar-refractivity contribution in [3.8, 4) is 11.8 Å². The van der Waals surface area contributed by atoms with Crippen molar-refractivity contribution in [1.29, 1.82) is 0 Å². The first-order valence-corrected chi connectivity index (χ1v) is 10.5. The Hall–Kier alpha value is -3.54. The molecule has 162 valence electrons. The topological polar surface area (TPSA) is 119 Å². The number of hydrogen-bond donors (Lipinski definition) is 2. The molecule has 0 fully saturated rings. The van der Waals surface area contributed by atoms with E-state index in [1.807, 2.05) is 12.1 Å². The summed E-state index contributed by atoms with van der Waals surface area (Å²) >= 11 is 0. The van der Waals surface area contributed by atoms with E-state index < -0.39 is 22.9 Å². The number of pyridine rings is 1. The second kappa shape index (κ2) is 7.95. The molecule has 31 heavy (non-hydrogen) atoms. The average Bonchev–Trinajstić information content (AvgIpc) is 3.15. The number of aromatic nitrogens is 4. The Balaban J connectivity index is 1.76. The summed E-state index contributed by atoms with van der Waals surface area (Å²) in [5.41, 5.74) is 1.33. The number of halogens is 2. The molecule has 2 N–H and O–H groups in total. The third-order valence-electron chi connectivity index (χ3n) is 4.51. The van der Waals surface area contributed by atoms with Crippen LogP contribution in [0.3, 0.4) is 0 Å². The third-order valence-corrected chi connectivity index (χ3v) is 5.85. The van der Waals surface area contributed by atoms with Crippen molar-refractivity contribution in [2.24, 2.45) is 0 Å². The van der Waals surface area contributed by atoms with Gasteiger partial charge in [-0.05, 0) is 12.1 Å². The summed E-state index contributed by atoms with van der Waals surface area (Å²) in [6.45, 7) is 0. The lowest BCUT2D eigenvalue weighted by atomic mass is 10.2. The summed E-state index contributed by atoms with van der Waals surface area (Å²) in [5, 5.41) is 0.848. The highest BCUT2D eigenvalue weighted by Crippen LogP contribution is 2.30. The lowest BCUT2D eigenvalue weighted by molar-refractivity contribution is 0.146. The van der Waals surface area contributed by atoms with E-state index in [1.165, 1.54) is 20.4 Å². The predicted octanol–water partition coefficient (Wildman–Crippen LogP) is 3.13. The molecule has 9 nitrogen and oxygen atoms in total. The molecule has 0 aliphatic rings. The van der Waals surface area contributed by atoms with Crippen molar-refractivity contribution in [3.63, 3.8) is 0 Å². The number of anilines is 1. The number of hydrogen-bond acceptors (Lipinski definition) is 7. The van der Waals surface area contributed by atoms with E-state index in [4.69, 9.17) is 9.47 Å². The van der Waals surface area contributed by atoms with Crippen LogP contribution in [0.15, 0.2) is 41.4 Å². The van der Waals surface area contributed by atoms with E-state index >= 15 is 0 Å². The molecule has 0 bridgehead atoms. The number of para-hydroxylation sites is 1. The molecule has 0 atom stereocenters. The first kappa shape index (κ1) is 20.7. The Morgan fingerprint density at radius 2 is 1.77 bits per heavy atom. The molecule has 12 heteroatoms. The minimum atomic E-state index is -4.18. The highest BCUT2D eigenvalue weighted by atomic mass is 32.2. The van der Waals surface area contributed by atoms with Crippen molar-refractivity contribution >= 4 is 37.9 Å². The Morgan fingerprint density at radius 3 is 2.42 bits per heavy atom. The van der Waals surface area contributed by atoms with Crippen LogP contribution in [0.1, 0.15) is 5.56 Å². The largest absolute Gasteiger partial charge is 0.481 e. The normalized spacial score (nSPS) is 11.9. The number of benzene rings is 1. The molecule has 0 spiro atoms. The summed E-state index contributed by atoms with van der Waals surface area (Å²) in [7, 11) is -1.73. The maximum absolute atomic E-state index is 13.0. The van der Waals surface area contributed by atoms with Gasteiger partial charge in [0.05, 0.1) is 30.8 Å². The lowest BCUT2D eigenvalue weighted by Gasteiger charge is -2.13. The van der Waals surface area contributed by atoms with Gasteiger partial charge in [-0.2, -0.15) is 9.97 Å². The van der Waals surface area contributed by atoms with Crippen molar-refractivity contribution in [2.75, 3.05) is 18.9 Å². The Kier molecular flexibility index (Phi) is 5.31. The molecular weight excluding hydrogens is 432 g/mol. The number of sulfonamides is 1. The van der Waals surface area contributed by atoms with Crippen molar-refractivity contribution in [1.82, 2.24) is 19.9 Å². The maximum atomic E-state index is 13.0. The highest BCUT2D eigenvalue weighted by molar-refractivity contribution is 7.93. The van der Waals surface area contributed by atoms with Gasteiger partial charge >= 0.3 is 0 Å². The van der Waals surface area contributed by atoms with Crippen LogP contribution in [0, 0.1) is 0 Å². The molecule has 4 rings (SSSR count). The van der Waals surface area contributed by atoms with Gasteiger partial charge in [-0.3, -0.25) is 0 Å². The quantitative estimate of drug-likeness (QED) is 0.445. The first-order valence-electron chi connectivity index (χ1n) is 8.99.